The standard InChI is InChI=1S/C13H20F3NO4/c1-11(2,3)21-10(18)17-8-4-12(19,13(14,15)16)5-9(17)7-20-6-8/h8-9,19H,4-7H2,1-3H3. The fourth-order valence-electron chi connectivity index (χ4n) is 2.82. The van der Waals surface area contributed by atoms with Gasteiger partial charge < -0.3 is 14.6 Å². The summed E-state index contributed by atoms with van der Waals surface area (Å²) in [5.74, 6) is 0. The van der Waals surface area contributed by atoms with Crippen molar-refractivity contribution in [2.45, 2.75) is 63.1 Å². The topological polar surface area (TPSA) is 59.0 Å². The Balaban J connectivity index is 2.19. The van der Waals surface area contributed by atoms with Crippen LogP contribution >= 0.6 is 0 Å². The Morgan fingerprint density at radius 3 is 2.10 bits per heavy atom. The van der Waals surface area contributed by atoms with Gasteiger partial charge in [-0.05, 0) is 20.8 Å². The molecule has 1 amide bonds. The number of aliphatic hydroxyl groups is 1. The van der Waals surface area contributed by atoms with E-state index in [9.17, 15) is 23.1 Å². The molecule has 2 fully saturated rings. The number of carbonyl (C=O) groups excluding carboxylic acids is 1. The summed E-state index contributed by atoms with van der Waals surface area (Å²) in [7, 11) is 0. The van der Waals surface area contributed by atoms with Crippen molar-refractivity contribution in [3.63, 3.8) is 0 Å². The monoisotopic (exact) mass is 311 g/mol. The number of fused-ring (bicyclic) bond motifs is 2. The Kier molecular flexibility index (Phi) is 3.90. The molecule has 2 aliphatic rings. The maximum Gasteiger partial charge on any atom is 0.417 e. The van der Waals surface area contributed by atoms with Gasteiger partial charge in [-0.3, -0.25) is 4.90 Å². The zero-order chi connectivity index (χ0) is 16.1. The van der Waals surface area contributed by atoms with E-state index in [4.69, 9.17) is 9.47 Å². The Morgan fingerprint density at radius 2 is 1.71 bits per heavy atom. The minimum atomic E-state index is -4.72. The molecule has 8 heteroatoms. The molecular weight excluding hydrogens is 291 g/mol. The lowest BCUT2D eigenvalue weighted by atomic mass is 9.81. The Bertz CT molecular complexity index is 405. The van der Waals surface area contributed by atoms with Crippen LogP contribution in [-0.2, 0) is 9.47 Å². The maximum absolute atomic E-state index is 13.0. The smallest absolute Gasteiger partial charge is 0.417 e. The second-order valence-electron chi connectivity index (χ2n) is 6.67. The number of hydrogen-bond acceptors (Lipinski definition) is 4. The van der Waals surface area contributed by atoms with Gasteiger partial charge in [-0.1, -0.05) is 0 Å². The van der Waals surface area contributed by atoms with Crippen LogP contribution in [0.2, 0.25) is 0 Å². The third-order valence-corrected chi connectivity index (χ3v) is 3.69. The molecule has 2 unspecified atom stereocenters. The van der Waals surface area contributed by atoms with Crippen LogP contribution in [0.1, 0.15) is 33.6 Å². The first-order valence-electron chi connectivity index (χ1n) is 6.81. The van der Waals surface area contributed by atoms with Gasteiger partial charge in [0.2, 0.25) is 0 Å². The van der Waals surface area contributed by atoms with Gasteiger partial charge in [0, 0.05) is 12.8 Å². The number of hydrogen-bond donors (Lipinski definition) is 1. The fourth-order valence-corrected chi connectivity index (χ4v) is 2.82. The SMILES string of the molecule is CC(C)(C)OC(=O)N1C2COCC1CC(O)(C(F)(F)F)C2. The van der Waals surface area contributed by atoms with Crippen LogP contribution < -0.4 is 0 Å². The van der Waals surface area contributed by atoms with Crippen molar-refractivity contribution in [1.82, 2.24) is 4.90 Å². The van der Waals surface area contributed by atoms with Gasteiger partial charge in [0.15, 0.2) is 5.60 Å². The number of piperidine rings is 1. The summed E-state index contributed by atoms with van der Waals surface area (Å²) in [6.07, 6.45) is -6.57. The molecule has 0 spiro atoms. The lowest BCUT2D eigenvalue weighted by Gasteiger charge is -2.51. The Labute approximate surface area is 121 Å². The van der Waals surface area contributed by atoms with Crippen molar-refractivity contribution in [3.8, 4) is 0 Å². The van der Waals surface area contributed by atoms with E-state index in [-0.39, 0.29) is 13.2 Å². The van der Waals surface area contributed by atoms with Crippen molar-refractivity contribution in [2.24, 2.45) is 0 Å². The first kappa shape index (κ1) is 16.4. The third-order valence-electron chi connectivity index (χ3n) is 3.69. The highest BCUT2D eigenvalue weighted by atomic mass is 19.4. The lowest BCUT2D eigenvalue weighted by Crippen LogP contribution is -2.67. The van der Waals surface area contributed by atoms with Crippen LogP contribution in [0, 0.1) is 0 Å². The number of halogens is 3. The van der Waals surface area contributed by atoms with Crippen molar-refractivity contribution in [2.75, 3.05) is 13.2 Å². The summed E-state index contributed by atoms with van der Waals surface area (Å²) in [5, 5.41) is 9.89. The number of nitrogens with zero attached hydrogens (tertiary/aromatic N) is 1. The van der Waals surface area contributed by atoms with Gasteiger partial charge in [0.05, 0.1) is 25.3 Å². The van der Waals surface area contributed by atoms with Crippen molar-refractivity contribution in [1.29, 1.82) is 0 Å². The summed E-state index contributed by atoms with van der Waals surface area (Å²) in [6, 6.07) is -1.67. The van der Waals surface area contributed by atoms with E-state index in [1.165, 1.54) is 4.90 Å². The Morgan fingerprint density at radius 1 is 1.24 bits per heavy atom. The average molecular weight is 311 g/mol. The molecule has 21 heavy (non-hydrogen) atoms. The highest BCUT2D eigenvalue weighted by molar-refractivity contribution is 5.69. The summed E-state index contributed by atoms with van der Waals surface area (Å²) < 4.78 is 49.5. The zero-order valence-corrected chi connectivity index (χ0v) is 12.2. The summed E-state index contributed by atoms with van der Waals surface area (Å²) in [4.78, 5) is 13.5. The van der Waals surface area contributed by atoms with Crippen LogP contribution in [0.5, 0.6) is 0 Å². The first-order chi connectivity index (χ1) is 9.43. The van der Waals surface area contributed by atoms with E-state index < -0.39 is 48.4 Å². The zero-order valence-electron chi connectivity index (χ0n) is 12.2. The first-order valence-corrected chi connectivity index (χ1v) is 6.81. The second-order valence-corrected chi connectivity index (χ2v) is 6.67. The number of rotatable bonds is 0. The highest BCUT2D eigenvalue weighted by Crippen LogP contribution is 2.44. The molecule has 2 heterocycles. The van der Waals surface area contributed by atoms with Gasteiger partial charge in [-0.15, -0.1) is 0 Å². The fraction of sp³-hybridized carbons (Fsp3) is 0.923. The van der Waals surface area contributed by atoms with Crippen molar-refractivity contribution >= 4 is 6.09 Å². The molecule has 2 saturated heterocycles. The van der Waals surface area contributed by atoms with E-state index in [1.807, 2.05) is 0 Å². The molecule has 0 aromatic rings. The van der Waals surface area contributed by atoms with Crippen LogP contribution in [-0.4, -0.2) is 58.8 Å². The van der Waals surface area contributed by atoms with Gasteiger partial charge in [0.1, 0.15) is 5.60 Å². The molecule has 0 aliphatic carbocycles. The number of alkyl halides is 3. The molecular formula is C13H20F3NO4. The van der Waals surface area contributed by atoms with E-state index in [0.717, 1.165) is 0 Å². The molecule has 122 valence electrons. The average Bonchev–Trinajstić information content (AvgIpc) is 2.23. The minimum absolute atomic E-state index is 0.0336. The predicted molar refractivity (Wildman–Crippen MR) is 66.7 cm³/mol. The summed E-state index contributed by atoms with van der Waals surface area (Å²) in [5.41, 5.74) is -3.51. The molecule has 2 bridgehead atoms. The van der Waals surface area contributed by atoms with Crippen LogP contribution in [0.4, 0.5) is 18.0 Å². The van der Waals surface area contributed by atoms with E-state index in [2.05, 4.69) is 0 Å². The molecule has 1 N–H and O–H groups in total. The molecule has 0 saturated carbocycles. The normalized spacial score (nSPS) is 33.8. The second kappa shape index (κ2) is 5.01. The highest BCUT2D eigenvalue weighted by Gasteiger charge is 2.61. The van der Waals surface area contributed by atoms with Crippen molar-refractivity contribution in [3.05, 3.63) is 0 Å². The number of carbonyl (C=O) groups is 1. The van der Waals surface area contributed by atoms with Crippen LogP contribution in [0.15, 0.2) is 0 Å². The van der Waals surface area contributed by atoms with Crippen LogP contribution in [0.3, 0.4) is 0 Å². The van der Waals surface area contributed by atoms with Gasteiger partial charge in [0.25, 0.3) is 0 Å². The quantitative estimate of drug-likeness (QED) is 0.744. The number of ether oxygens (including phenoxy) is 2. The summed E-state index contributed by atoms with van der Waals surface area (Å²) >= 11 is 0. The maximum atomic E-state index is 13.0. The van der Waals surface area contributed by atoms with E-state index in [0.29, 0.717) is 0 Å². The molecule has 0 aromatic heterocycles. The third kappa shape index (κ3) is 3.26. The Hall–Kier alpha value is -1.02. The van der Waals surface area contributed by atoms with Gasteiger partial charge in [-0.25, -0.2) is 4.79 Å². The van der Waals surface area contributed by atoms with Gasteiger partial charge >= 0.3 is 12.3 Å². The van der Waals surface area contributed by atoms with E-state index >= 15 is 0 Å². The molecule has 2 aliphatic heterocycles. The predicted octanol–water partition coefficient (Wildman–Crippen LogP) is 2.08. The molecule has 2 atom stereocenters. The number of amides is 1. The molecule has 2 rings (SSSR count). The van der Waals surface area contributed by atoms with Crippen molar-refractivity contribution < 1.29 is 32.5 Å². The molecule has 0 aromatic carbocycles. The molecule has 0 radical (unpaired) electrons. The lowest BCUT2D eigenvalue weighted by molar-refractivity contribution is -0.290. The molecule has 5 nitrogen and oxygen atoms in total. The summed E-state index contributed by atoms with van der Waals surface area (Å²) in [6.45, 7) is 5.00. The van der Waals surface area contributed by atoms with E-state index in [1.54, 1.807) is 20.8 Å². The minimum Gasteiger partial charge on any atom is -0.444 e. The van der Waals surface area contributed by atoms with Crippen LogP contribution in [0.25, 0.3) is 0 Å². The van der Waals surface area contributed by atoms with Gasteiger partial charge in [-0.2, -0.15) is 13.2 Å². The number of morpholine rings is 1. The largest absolute Gasteiger partial charge is 0.444 e.